The van der Waals surface area contributed by atoms with E-state index in [-0.39, 0.29) is 0 Å². The summed E-state index contributed by atoms with van der Waals surface area (Å²) in [5, 5.41) is 0. The first-order valence-corrected chi connectivity index (χ1v) is 21.6. The van der Waals surface area contributed by atoms with Gasteiger partial charge in [0.2, 0.25) is 0 Å². The molecule has 0 aliphatic carbocycles. The number of hydrogen-bond donors (Lipinski definition) is 0. The molecule has 0 saturated carbocycles. The van der Waals surface area contributed by atoms with Gasteiger partial charge in [-0.05, 0) is 37.8 Å². The lowest BCUT2D eigenvalue weighted by atomic mass is 10.0. The third kappa shape index (κ3) is 27.2. The molecule has 0 fully saturated rings. The average molecular weight is 641 g/mol. The smallest absolute Gasteiger partial charge is 0.132 e. The van der Waals surface area contributed by atoms with Crippen molar-refractivity contribution in [1.82, 2.24) is 4.48 Å². The lowest BCUT2D eigenvalue weighted by molar-refractivity contribution is 0.310. The fourth-order valence-electron chi connectivity index (χ4n) is 7.53. The second-order valence-corrected chi connectivity index (χ2v) is 15.5. The van der Waals surface area contributed by atoms with Gasteiger partial charge in [0, 0.05) is 0 Å². The molecule has 0 radical (unpaired) electrons. The molecule has 0 aromatic heterocycles. The minimum absolute atomic E-state index is 1.14. The maximum Gasteiger partial charge on any atom is 0.132 e. The van der Waals surface area contributed by atoms with E-state index in [4.69, 9.17) is 0 Å². The lowest BCUT2D eigenvalue weighted by Gasteiger charge is -2.34. The van der Waals surface area contributed by atoms with E-state index in [0.29, 0.717) is 0 Å². The normalized spacial score (nSPS) is 11.9. The van der Waals surface area contributed by atoms with Crippen LogP contribution in [0, 0.1) is 0 Å². The Hall–Kier alpha value is -0.820. The molecule has 1 aromatic rings. The zero-order chi connectivity index (χ0) is 33.1. The topological polar surface area (TPSA) is 0 Å². The Morgan fingerprint density at radius 2 is 0.522 bits per heavy atom. The summed E-state index contributed by atoms with van der Waals surface area (Å²) in [5.74, 6) is 0. The number of quaternary nitrogens is 1. The second-order valence-electron chi connectivity index (χ2n) is 15.5. The molecule has 1 nitrogen and oxygen atoms in total. The van der Waals surface area contributed by atoms with Gasteiger partial charge < -0.3 is 0 Å². The second kappa shape index (κ2) is 34.1. The van der Waals surface area contributed by atoms with Gasteiger partial charge in [0.05, 0.1) is 20.1 Å². The maximum atomic E-state index is 2.51. The largest absolute Gasteiger partial charge is 0.294 e. The van der Waals surface area contributed by atoms with Crippen molar-refractivity contribution in [3.63, 3.8) is 0 Å². The van der Waals surface area contributed by atoms with Crippen LogP contribution in [-0.2, 0) is 0 Å². The molecule has 0 aliphatic heterocycles. The molecule has 0 heterocycles. The maximum absolute atomic E-state index is 2.51. The fraction of sp³-hybridized carbons (Fsp3) is 0.867. The Bertz CT molecular complexity index is 658. The van der Waals surface area contributed by atoms with E-state index in [9.17, 15) is 0 Å². The lowest BCUT2D eigenvalue weighted by Crippen LogP contribution is -2.46. The van der Waals surface area contributed by atoms with Crippen molar-refractivity contribution >= 4 is 5.69 Å². The quantitative estimate of drug-likeness (QED) is 0.0501. The van der Waals surface area contributed by atoms with Crippen LogP contribution >= 0.6 is 0 Å². The molecule has 0 unspecified atom stereocenters. The van der Waals surface area contributed by atoms with Crippen LogP contribution in [0.2, 0.25) is 0 Å². The Labute approximate surface area is 292 Å². The number of nitrogens with zero attached hydrogens (tertiary/aromatic N) is 1. The first kappa shape index (κ1) is 43.2. The molecule has 1 rings (SSSR count). The summed E-state index contributed by atoms with van der Waals surface area (Å²) in [6.45, 7) is 7.23. The van der Waals surface area contributed by atoms with E-state index in [1.807, 2.05) is 0 Å². The van der Waals surface area contributed by atoms with Crippen molar-refractivity contribution in [2.75, 3.05) is 20.1 Å². The van der Waals surface area contributed by atoms with Crippen LogP contribution in [0.25, 0.3) is 0 Å². The minimum atomic E-state index is 1.14. The first-order valence-electron chi connectivity index (χ1n) is 21.6. The van der Waals surface area contributed by atoms with E-state index in [2.05, 4.69) is 51.2 Å². The number of hydrogen-bond acceptors (Lipinski definition) is 0. The highest BCUT2D eigenvalue weighted by Crippen LogP contribution is 2.24. The monoisotopic (exact) mass is 641 g/mol. The molecule has 0 saturated heterocycles. The predicted molar refractivity (Wildman–Crippen MR) is 212 cm³/mol. The summed E-state index contributed by atoms with van der Waals surface area (Å²) >= 11 is 0. The summed E-state index contributed by atoms with van der Waals surface area (Å²) in [4.78, 5) is 0. The summed E-state index contributed by atoms with van der Waals surface area (Å²) in [6, 6.07) is 11.4. The molecule has 0 aliphatic rings. The standard InChI is InChI=1S/C45H86N/c1-4-6-8-10-12-14-16-18-20-22-24-26-28-30-32-34-39-43-46(3,45-41-37-36-38-42-45)44-40-35-33-31-29-27-25-23-21-19-17-15-13-11-9-7-5-2/h36-38,41-42H,4-35,39-40,43-44H2,1-3H3/q+1. The van der Waals surface area contributed by atoms with Crippen molar-refractivity contribution in [2.24, 2.45) is 0 Å². The van der Waals surface area contributed by atoms with Gasteiger partial charge in [-0.3, -0.25) is 4.48 Å². The van der Waals surface area contributed by atoms with Crippen molar-refractivity contribution in [2.45, 2.75) is 232 Å². The molecule has 46 heavy (non-hydrogen) atoms. The van der Waals surface area contributed by atoms with E-state index in [0.717, 1.165) is 4.48 Å². The Morgan fingerprint density at radius 3 is 0.761 bits per heavy atom. The molecule has 0 spiro atoms. The minimum Gasteiger partial charge on any atom is -0.294 e. The van der Waals surface area contributed by atoms with Crippen LogP contribution in [-0.4, -0.2) is 20.1 Å². The summed E-state index contributed by atoms with van der Waals surface area (Å²) in [7, 11) is 2.51. The number of unbranched alkanes of at least 4 members (excludes halogenated alkanes) is 32. The molecule has 0 amide bonds. The number of para-hydroxylation sites is 1. The van der Waals surface area contributed by atoms with E-state index in [1.54, 1.807) is 0 Å². The number of benzene rings is 1. The van der Waals surface area contributed by atoms with Gasteiger partial charge >= 0.3 is 0 Å². The van der Waals surface area contributed by atoms with Gasteiger partial charge in [0.25, 0.3) is 0 Å². The van der Waals surface area contributed by atoms with Gasteiger partial charge in [0.15, 0.2) is 0 Å². The van der Waals surface area contributed by atoms with Crippen molar-refractivity contribution in [3.8, 4) is 0 Å². The van der Waals surface area contributed by atoms with Gasteiger partial charge in [-0.15, -0.1) is 0 Å². The Balaban J connectivity index is 2.01. The zero-order valence-electron chi connectivity index (χ0n) is 32.3. The van der Waals surface area contributed by atoms with Gasteiger partial charge in [-0.25, -0.2) is 0 Å². The van der Waals surface area contributed by atoms with Crippen molar-refractivity contribution in [3.05, 3.63) is 30.3 Å². The van der Waals surface area contributed by atoms with Gasteiger partial charge in [-0.2, -0.15) is 0 Å². The molecule has 1 heteroatoms. The molecule has 0 bridgehead atoms. The van der Waals surface area contributed by atoms with Crippen molar-refractivity contribution < 1.29 is 0 Å². The van der Waals surface area contributed by atoms with Crippen LogP contribution < -0.4 is 4.48 Å². The molecule has 0 atom stereocenters. The van der Waals surface area contributed by atoms with Gasteiger partial charge in [0.1, 0.15) is 5.69 Å². The fourth-order valence-corrected chi connectivity index (χ4v) is 7.53. The highest BCUT2D eigenvalue weighted by molar-refractivity contribution is 5.41. The van der Waals surface area contributed by atoms with E-state index >= 15 is 0 Å². The van der Waals surface area contributed by atoms with Crippen LogP contribution in [0.1, 0.15) is 232 Å². The molecule has 270 valence electrons. The highest BCUT2D eigenvalue weighted by Gasteiger charge is 2.23. The van der Waals surface area contributed by atoms with E-state index in [1.165, 1.54) is 237 Å². The van der Waals surface area contributed by atoms with Crippen LogP contribution in [0.4, 0.5) is 5.69 Å². The first-order chi connectivity index (χ1) is 22.7. The average Bonchev–Trinajstić information content (AvgIpc) is 3.08. The molecular weight excluding hydrogens is 555 g/mol. The van der Waals surface area contributed by atoms with Crippen LogP contribution in [0.15, 0.2) is 30.3 Å². The van der Waals surface area contributed by atoms with Gasteiger partial charge in [-0.1, -0.05) is 225 Å². The molecular formula is C45H86N+. The predicted octanol–water partition coefficient (Wildman–Crippen LogP) is 15.9. The van der Waals surface area contributed by atoms with Crippen LogP contribution in [0.3, 0.4) is 0 Å². The third-order valence-corrected chi connectivity index (χ3v) is 10.9. The highest BCUT2D eigenvalue weighted by atomic mass is 15.3. The number of rotatable bonds is 37. The molecule has 1 aromatic carbocycles. The zero-order valence-corrected chi connectivity index (χ0v) is 32.3. The molecule has 0 N–H and O–H groups in total. The SMILES string of the molecule is CCCCCCCCCCCCCCCCCCC[N+](C)(CCCCCCCCCCCCCCCCCCC)c1ccccc1. The Morgan fingerprint density at radius 1 is 0.304 bits per heavy atom. The van der Waals surface area contributed by atoms with E-state index < -0.39 is 0 Å². The summed E-state index contributed by atoms with van der Waals surface area (Å²) in [5.41, 5.74) is 1.52. The third-order valence-electron chi connectivity index (χ3n) is 10.9. The Kier molecular flexibility index (Phi) is 32.0. The summed E-state index contributed by atoms with van der Waals surface area (Å²) < 4.78 is 1.14. The van der Waals surface area contributed by atoms with Crippen molar-refractivity contribution in [1.29, 1.82) is 0 Å². The summed E-state index contributed by atoms with van der Waals surface area (Å²) in [6.07, 6.45) is 49.3. The van der Waals surface area contributed by atoms with Crippen LogP contribution in [0.5, 0.6) is 0 Å².